The monoisotopic (exact) mass is 431 g/mol. The summed E-state index contributed by atoms with van der Waals surface area (Å²) in [5.74, 6) is -1.07. The Hall–Kier alpha value is -4.06. The highest BCUT2D eigenvalue weighted by molar-refractivity contribution is 6.09. The van der Waals surface area contributed by atoms with Crippen molar-refractivity contribution in [1.82, 2.24) is 4.57 Å². The molecule has 0 saturated carbocycles. The van der Waals surface area contributed by atoms with Crippen molar-refractivity contribution >= 4 is 27.6 Å². The lowest BCUT2D eigenvalue weighted by atomic mass is 10.1. The number of rotatable bonds is 3. The Bertz CT molecular complexity index is 1500. The number of nitrogens with zero attached hydrogens (tertiary/aromatic N) is 1. The van der Waals surface area contributed by atoms with Crippen LogP contribution in [0.3, 0.4) is 0 Å². The second-order valence-corrected chi connectivity index (χ2v) is 7.52. The molecule has 4 aromatic carbocycles. The maximum atomic E-state index is 13.4. The minimum Gasteiger partial charge on any atom is -0.478 e. The van der Waals surface area contributed by atoms with Crippen LogP contribution in [-0.4, -0.2) is 15.6 Å². The zero-order valence-electron chi connectivity index (χ0n) is 16.6. The van der Waals surface area contributed by atoms with Crippen molar-refractivity contribution in [3.63, 3.8) is 0 Å². The topological polar surface area (TPSA) is 42.2 Å². The predicted octanol–water partition coefficient (Wildman–Crippen LogP) is 7.17. The number of carboxylic acid groups (broad SMARTS) is 1. The maximum Gasteiger partial charge on any atom is 0.416 e. The third-order valence-corrected chi connectivity index (χ3v) is 5.55. The highest BCUT2D eigenvalue weighted by Gasteiger charge is 2.30. The Labute approximate surface area is 181 Å². The zero-order chi connectivity index (χ0) is 22.5. The lowest BCUT2D eigenvalue weighted by Gasteiger charge is -2.14. The van der Waals surface area contributed by atoms with Gasteiger partial charge < -0.3 is 9.67 Å². The van der Waals surface area contributed by atoms with Crippen LogP contribution in [0.15, 0.2) is 91.0 Å². The zero-order valence-corrected chi connectivity index (χ0v) is 16.6. The van der Waals surface area contributed by atoms with Crippen LogP contribution in [0.4, 0.5) is 13.2 Å². The molecule has 1 heterocycles. The van der Waals surface area contributed by atoms with Crippen molar-refractivity contribution in [2.24, 2.45) is 0 Å². The number of alkyl halides is 3. The van der Waals surface area contributed by atoms with Crippen molar-refractivity contribution < 1.29 is 23.1 Å². The van der Waals surface area contributed by atoms with Crippen molar-refractivity contribution in [2.45, 2.75) is 6.18 Å². The van der Waals surface area contributed by atoms with E-state index in [0.29, 0.717) is 16.9 Å². The summed E-state index contributed by atoms with van der Waals surface area (Å²) in [6.45, 7) is 0. The summed E-state index contributed by atoms with van der Waals surface area (Å²) >= 11 is 0. The second kappa shape index (κ2) is 7.27. The number of hydrogen-bond acceptors (Lipinski definition) is 1. The second-order valence-electron chi connectivity index (χ2n) is 7.52. The van der Waals surface area contributed by atoms with E-state index in [1.807, 2.05) is 47.0 Å². The summed E-state index contributed by atoms with van der Waals surface area (Å²) in [4.78, 5) is 11.5. The average Bonchev–Trinajstić information content (AvgIpc) is 3.19. The van der Waals surface area contributed by atoms with E-state index in [1.165, 1.54) is 18.2 Å². The van der Waals surface area contributed by atoms with Gasteiger partial charge in [0.2, 0.25) is 0 Å². The van der Waals surface area contributed by atoms with E-state index in [1.54, 1.807) is 18.2 Å². The van der Waals surface area contributed by atoms with Gasteiger partial charge in [-0.25, -0.2) is 4.79 Å². The summed E-state index contributed by atoms with van der Waals surface area (Å²) in [7, 11) is 0. The van der Waals surface area contributed by atoms with Crippen molar-refractivity contribution in [1.29, 1.82) is 0 Å². The van der Waals surface area contributed by atoms with Crippen LogP contribution in [0, 0.1) is 0 Å². The third kappa shape index (κ3) is 3.30. The Morgan fingerprint density at radius 3 is 2.34 bits per heavy atom. The Morgan fingerprint density at radius 1 is 0.781 bits per heavy atom. The lowest BCUT2D eigenvalue weighted by Crippen LogP contribution is -2.05. The number of aromatic nitrogens is 1. The molecule has 0 bridgehead atoms. The van der Waals surface area contributed by atoms with Gasteiger partial charge in [0.15, 0.2) is 0 Å². The highest BCUT2D eigenvalue weighted by atomic mass is 19.4. The summed E-state index contributed by atoms with van der Waals surface area (Å²) in [5, 5.41) is 12.3. The fraction of sp³-hybridized carbons (Fsp3) is 0.0385. The van der Waals surface area contributed by atoms with E-state index in [9.17, 15) is 23.1 Å². The Morgan fingerprint density at radius 2 is 1.56 bits per heavy atom. The summed E-state index contributed by atoms with van der Waals surface area (Å²) in [6, 6.07) is 25.0. The molecule has 0 spiro atoms. The molecule has 32 heavy (non-hydrogen) atoms. The molecule has 0 aliphatic rings. The quantitative estimate of drug-likeness (QED) is 0.329. The molecule has 0 atom stereocenters. The van der Waals surface area contributed by atoms with E-state index in [-0.39, 0.29) is 5.56 Å². The molecule has 0 aliphatic heterocycles. The number of carboxylic acids is 1. The molecule has 0 radical (unpaired) electrons. The van der Waals surface area contributed by atoms with Crippen molar-refractivity contribution in [2.75, 3.05) is 0 Å². The van der Waals surface area contributed by atoms with Gasteiger partial charge in [0.25, 0.3) is 0 Å². The number of benzene rings is 4. The van der Waals surface area contributed by atoms with Gasteiger partial charge in [0.1, 0.15) is 0 Å². The van der Waals surface area contributed by atoms with Crippen LogP contribution in [0.25, 0.3) is 38.6 Å². The first-order valence-corrected chi connectivity index (χ1v) is 9.87. The van der Waals surface area contributed by atoms with Gasteiger partial charge >= 0.3 is 12.1 Å². The van der Waals surface area contributed by atoms with E-state index in [2.05, 4.69) is 0 Å². The lowest BCUT2D eigenvalue weighted by molar-refractivity contribution is -0.137. The van der Waals surface area contributed by atoms with Gasteiger partial charge in [-0.05, 0) is 58.8 Å². The molecule has 0 saturated heterocycles. The van der Waals surface area contributed by atoms with Gasteiger partial charge in [-0.2, -0.15) is 13.2 Å². The van der Waals surface area contributed by atoms with E-state index >= 15 is 0 Å². The van der Waals surface area contributed by atoms with E-state index in [0.717, 1.165) is 33.8 Å². The minimum atomic E-state index is -4.47. The van der Waals surface area contributed by atoms with Gasteiger partial charge in [0, 0.05) is 11.1 Å². The maximum absolute atomic E-state index is 13.4. The summed E-state index contributed by atoms with van der Waals surface area (Å²) < 4.78 is 42.0. The molecule has 0 amide bonds. The fourth-order valence-electron chi connectivity index (χ4n) is 4.09. The molecule has 3 nitrogen and oxygen atoms in total. The van der Waals surface area contributed by atoms with Gasteiger partial charge in [0.05, 0.1) is 22.3 Å². The number of fused-ring (bicyclic) bond motifs is 3. The number of carbonyl (C=O) groups is 1. The fourth-order valence-corrected chi connectivity index (χ4v) is 4.09. The summed E-state index contributed by atoms with van der Waals surface area (Å²) in [6.07, 6.45) is -4.47. The standard InChI is InChI=1S/C26H16F3NO2/c27-26(28,29)19-8-3-6-17(13-19)24-15-22-21-10-2-1-5-16(21)11-12-23(22)30(24)20-9-4-7-18(14-20)25(31)32/h1-15H,(H,31,32). The van der Waals surface area contributed by atoms with Crippen LogP contribution in [-0.2, 0) is 6.18 Å². The molecule has 1 aromatic heterocycles. The van der Waals surface area contributed by atoms with Crippen molar-refractivity contribution in [3.8, 4) is 16.9 Å². The van der Waals surface area contributed by atoms with E-state index in [4.69, 9.17) is 0 Å². The SMILES string of the molecule is O=C(O)c1cccc(-n2c(-c3cccc(C(F)(F)F)c3)cc3c4ccccc4ccc32)c1. The smallest absolute Gasteiger partial charge is 0.416 e. The van der Waals surface area contributed by atoms with Crippen LogP contribution in [0.1, 0.15) is 15.9 Å². The molecule has 158 valence electrons. The number of hydrogen-bond donors (Lipinski definition) is 1. The third-order valence-electron chi connectivity index (χ3n) is 5.55. The molecule has 5 aromatic rings. The van der Waals surface area contributed by atoms with Crippen LogP contribution in [0.5, 0.6) is 0 Å². The van der Waals surface area contributed by atoms with Gasteiger partial charge in [-0.3, -0.25) is 0 Å². The van der Waals surface area contributed by atoms with E-state index < -0.39 is 17.7 Å². The molecule has 0 unspecified atom stereocenters. The first-order valence-electron chi connectivity index (χ1n) is 9.87. The van der Waals surface area contributed by atoms with Crippen LogP contribution >= 0.6 is 0 Å². The van der Waals surface area contributed by atoms with Gasteiger partial charge in [-0.15, -0.1) is 0 Å². The first kappa shape index (κ1) is 19.9. The van der Waals surface area contributed by atoms with Gasteiger partial charge in [-0.1, -0.05) is 48.5 Å². The van der Waals surface area contributed by atoms with Crippen molar-refractivity contribution in [3.05, 3.63) is 102 Å². The molecular formula is C26H16F3NO2. The van der Waals surface area contributed by atoms with Crippen LogP contribution in [0.2, 0.25) is 0 Å². The van der Waals surface area contributed by atoms with Crippen LogP contribution < -0.4 is 0 Å². The normalized spacial score (nSPS) is 11.8. The Kier molecular flexibility index (Phi) is 4.51. The first-order chi connectivity index (χ1) is 15.3. The largest absolute Gasteiger partial charge is 0.478 e. The molecule has 1 N–H and O–H groups in total. The minimum absolute atomic E-state index is 0.0973. The molecule has 0 aliphatic carbocycles. The summed E-state index contributed by atoms with van der Waals surface area (Å²) in [5.41, 5.74) is 1.63. The average molecular weight is 431 g/mol. The molecule has 5 rings (SSSR count). The molecule has 6 heteroatoms. The molecular weight excluding hydrogens is 415 g/mol. The number of aromatic carboxylic acids is 1. The number of halogens is 3. The highest BCUT2D eigenvalue weighted by Crippen LogP contribution is 2.38. The molecule has 0 fully saturated rings. The Balaban J connectivity index is 1.86. The predicted molar refractivity (Wildman–Crippen MR) is 118 cm³/mol.